The van der Waals surface area contributed by atoms with Gasteiger partial charge in [0.05, 0.1) is 42.9 Å². The van der Waals surface area contributed by atoms with Crippen molar-refractivity contribution in [3.05, 3.63) is 146 Å². The van der Waals surface area contributed by atoms with E-state index < -0.39 is 0 Å². The molecule has 2 aliphatic rings. The zero-order valence-electron chi connectivity index (χ0n) is 28.4. The average molecular weight is 793 g/mol. The minimum Gasteiger partial charge on any atom is -0.382 e. The van der Waals surface area contributed by atoms with Crippen LogP contribution in [-0.2, 0) is 27.3 Å². The van der Waals surface area contributed by atoms with E-state index in [1.807, 2.05) is 24.3 Å². The highest BCUT2D eigenvalue weighted by atomic mass is 35.5. The third-order valence-corrected chi connectivity index (χ3v) is 10.0. The summed E-state index contributed by atoms with van der Waals surface area (Å²) in [6.45, 7) is 6.15. The summed E-state index contributed by atoms with van der Waals surface area (Å²) in [4.78, 5) is 23.7. The Balaban J connectivity index is 0.000000216. The fourth-order valence-corrected chi connectivity index (χ4v) is 7.58. The van der Waals surface area contributed by atoms with Crippen LogP contribution in [0.25, 0.3) is 0 Å². The second kappa shape index (κ2) is 19.1. The number of nitro groups is 2. The number of hydrogen-bond donors (Lipinski definition) is 1. The normalized spacial score (nSPS) is 16.7. The molecule has 0 amide bonds. The molecule has 2 unspecified atom stereocenters. The van der Waals surface area contributed by atoms with Crippen molar-refractivity contribution in [3.63, 3.8) is 0 Å². The maximum Gasteiger partial charge on any atom is 0.269 e. The molecular weight excluding hydrogens is 754 g/mol. The summed E-state index contributed by atoms with van der Waals surface area (Å²) in [5.41, 5.74) is 5.96. The molecule has 0 fully saturated rings. The summed E-state index contributed by atoms with van der Waals surface area (Å²) in [6.07, 6.45) is 0. The van der Waals surface area contributed by atoms with E-state index in [2.05, 4.69) is 10.2 Å². The number of nitro benzene ring substituents is 2. The number of rotatable bonds is 13. The SMILES string of the molecule is COCCOCCOCCN1Cc2c(Cl)cc(Cl)cc2C(c2cccc([N+](=O)[O-])c2)C1.O=[N+]([O-])c1cccc(C2CNCc3c(Cl)cc(Cl)cc32)c1. The van der Waals surface area contributed by atoms with Crippen LogP contribution in [0.15, 0.2) is 72.8 Å². The molecule has 0 saturated carbocycles. The number of ether oxygens (including phenoxy) is 3. The van der Waals surface area contributed by atoms with Gasteiger partial charge in [0.15, 0.2) is 0 Å². The van der Waals surface area contributed by atoms with E-state index in [0.29, 0.717) is 85.8 Å². The molecule has 0 radical (unpaired) electrons. The van der Waals surface area contributed by atoms with Gasteiger partial charge in [-0.1, -0.05) is 70.7 Å². The van der Waals surface area contributed by atoms with Gasteiger partial charge in [-0.05, 0) is 57.6 Å². The highest BCUT2D eigenvalue weighted by molar-refractivity contribution is 6.35. The lowest BCUT2D eigenvalue weighted by molar-refractivity contribution is -0.385. The standard InChI is InChI=1S/C22H26Cl2N2O5.C15H12Cl2N2O2/c1-29-7-8-31-10-9-30-6-5-25-14-20(16-3-2-4-18(11-16)26(27)28)19-12-17(23)13-22(24)21(19)15-25;16-10-5-12-13(7-18-8-14(12)15(17)6-10)9-2-1-3-11(4-9)19(20)21/h2-4,11-13,20H,5-10,14-15H2,1H3;1-6,13,18H,7-8H2. The van der Waals surface area contributed by atoms with Crippen LogP contribution in [0.4, 0.5) is 11.4 Å². The lowest BCUT2D eigenvalue weighted by Crippen LogP contribution is -2.36. The third kappa shape index (κ3) is 10.4. The smallest absolute Gasteiger partial charge is 0.269 e. The number of fused-ring (bicyclic) bond motifs is 2. The quantitative estimate of drug-likeness (QED) is 0.0804. The Morgan fingerprint density at radius 1 is 0.731 bits per heavy atom. The van der Waals surface area contributed by atoms with Crippen molar-refractivity contribution in [1.29, 1.82) is 0 Å². The summed E-state index contributed by atoms with van der Waals surface area (Å²) >= 11 is 25.1. The van der Waals surface area contributed by atoms with Crippen molar-refractivity contribution in [1.82, 2.24) is 10.2 Å². The first-order valence-corrected chi connectivity index (χ1v) is 18.1. The van der Waals surface area contributed by atoms with E-state index in [1.165, 1.54) is 12.1 Å². The number of halogens is 4. The lowest BCUT2D eigenvalue weighted by Gasteiger charge is -2.35. The van der Waals surface area contributed by atoms with Crippen molar-refractivity contribution >= 4 is 57.8 Å². The molecule has 15 heteroatoms. The molecule has 2 heterocycles. The molecule has 4 aromatic carbocycles. The second-order valence-corrected chi connectivity index (χ2v) is 14.0. The number of nitrogens with one attached hydrogen (secondary N) is 1. The molecule has 0 aliphatic carbocycles. The molecule has 0 aromatic heterocycles. The van der Waals surface area contributed by atoms with Gasteiger partial charge in [-0.2, -0.15) is 0 Å². The van der Waals surface area contributed by atoms with Crippen molar-refractivity contribution in [3.8, 4) is 0 Å². The van der Waals surface area contributed by atoms with Gasteiger partial charge in [-0.3, -0.25) is 25.1 Å². The Morgan fingerprint density at radius 3 is 1.87 bits per heavy atom. The Bertz CT molecular complexity index is 1880. The maximum atomic E-state index is 11.3. The highest BCUT2D eigenvalue weighted by Crippen LogP contribution is 2.40. The third-order valence-electron chi connectivity index (χ3n) is 8.94. The summed E-state index contributed by atoms with van der Waals surface area (Å²) in [5.74, 6) is -0.0675. The van der Waals surface area contributed by atoms with Gasteiger partial charge in [0.25, 0.3) is 11.4 Å². The van der Waals surface area contributed by atoms with Gasteiger partial charge in [0.2, 0.25) is 0 Å². The zero-order chi connectivity index (χ0) is 37.2. The van der Waals surface area contributed by atoms with Crippen LogP contribution in [-0.4, -0.2) is 74.5 Å². The molecule has 2 atom stereocenters. The summed E-state index contributed by atoms with van der Waals surface area (Å²) in [5, 5.41) is 27.9. The molecule has 0 spiro atoms. The van der Waals surface area contributed by atoms with E-state index in [4.69, 9.17) is 60.6 Å². The Morgan fingerprint density at radius 2 is 1.27 bits per heavy atom. The van der Waals surface area contributed by atoms with E-state index >= 15 is 0 Å². The fraction of sp³-hybridized carbons (Fsp3) is 0.351. The molecule has 0 saturated heterocycles. The Hall–Kier alpha value is -3.36. The lowest BCUT2D eigenvalue weighted by atomic mass is 9.84. The Labute approximate surface area is 322 Å². The molecular formula is C37H38Cl4N4O7. The van der Waals surface area contributed by atoms with Crippen LogP contribution in [0.5, 0.6) is 0 Å². The largest absolute Gasteiger partial charge is 0.382 e. The van der Waals surface area contributed by atoms with Gasteiger partial charge in [0, 0.05) is 96.0 Å². The van der Waals surface area contributed by atoms with Crippen LogP contribution < -0.4 is 5.32 Å². The van der Waals surface area contributed by atoms with E-state index in [9.17, 15) is 20.2 Å². The number of methoxy groups -OCH3 is 1. The van der Waals surface area contributed by atoms with E-state index in [1.54, 1.807) is 43.5 Å². The van der Waals surface area contributed by atoms with Crippen LogP contribution in [0, 0.1) is 20.2 Å². The number of hydrogen-bond acceptors (Lipinski definition) is 9. The van der Waals surface area contributed by atoms with Crippen molar-refractivity contribution < 1.29 is 24.1 Å². The van der Waals surface area contributed by atoms with Gasteiger partial charge >= 0.3 is 0 Å². The molecule has 52 heavy (non-hydrogen) atoms. The molecule has 11 nitrogen and oxygen atoms in total. The molecule has 2 aliphatic heterocycles. The minimum atomic E-state index is -0.383. The van der Waals surface area contributed by atoms with Crippen LogP contribution in [0.1, 0.15) is 45.2 Å². The Kier molecular flexibility index (Phi) is 14.6. The molecule has 4 aromatic rings. The van der Waals surface area contributed by atoms with Gasteiger partial charge in [-0.15, -0.1) is 0 Å². The highest BCUT2D eigenvalue weighted by Gasteiger charge is 2.30. The summed E-state index contributed by atoms with van der Waals surface area (Å²) in [7, 11) is 1.64. The first-order chi connectivity index (χ1) is 25.0. The summed E-state index contributed by atoms with van der Waals surface area (Å²) < 4.78 is 16.0. The van der Waals surface area contributed by atoms with Crippen LogP contribution in [0.2, 0.25) is 20.1 Å². The van der Waals surface area contributed by atoms with Crippen molar-refractivity contribution in [2.75, 3.05) is 59.8 Å². The second-order valence-electron chi connectivity index (χ2n) is 12.3. The van der Waals surface area contributed by atoms with Gasteiger partial charge in [0.1, 0.15) is 0 Å². The van der Waals surface area contributed by atoms with Gasteiger partial charge in [-0.25, -0.2) is 0 Å². The van der Waals surface area contributed by atoms with E-state index in [-0.39, 0.29) is 33.1 Å². The fourth-order valence-electron chi connectivity index (χ4n) is 6.44. The molecule has 6 rings (SSSR count). The summed E-state index contributed by atoms with van der Waals surface area (Å²) in [6, 6.07) is 20.7. The number of nitrogens with zero attached hydrogens (tertiary/aromatic N) is 3. The first kappa shape index (κ1) is 39.8. The average Bonchev–Trinajstić information content (AvgIpc) is 3.12. The van der Waals surface area contributed by atoms with Crippen LogP contribution >= 0.6 is 46.4 Å². The monoisotopic (exact) mass is 790 g/mol. The van der Waals surface area contributed by atoms with Crippen molar-refractivity contribution in [2.45, 2.75) is 24.9 Å². The van der Waals surface area contributed by atoms with E-state index in [0.717, 1.165) is 33.4 Å². The molecule has 276 valence electrons. The van der Waals surface area contributed by atoms with Crippen molar-refractivity contribution in [2.24, 2.45) is 0 Å². The molecule has 0 bridgehead atoms. The number of benzene rings is 4. The number of non-ortho nitro benzene ring substituents is 2. The first-order valence-electron chi connectivity index (χ1n) is 16.6. The van der Waals surface area contributed by atoms with Gasteiger partial charge < -0.3 is 19.5 Å². The minimum absolute atomic E-state index is 0.00449. The predicted molar refractivity (Wildman–Crippen MR) is 203 cm³/mol. The zero-order valence-corrected chi connectivity index (χ0v) is 31.4. The topological polar surface area (TPSA) is 129 Å². The molecule has 1 N–H and O–H groups in total. The maximum absolute atomic E-state index is 11.3. The predicted octanol–water partition coefficient (Wildman–Crippen LogP) is 8.67. The van der Waals surface area contributed by atoms with Crippen LogP contribution in [0.3, 0.4) is 0 Å².